The molecular formula is C22H18ClN3O2. The fourth-order valence-electron chi connectivity index (χ4n) is 2.94. The van der Waals surface area contributed by atoms with Crippen molar-refractivity contribution >= 4 is 29.0 Å². The summed E-state index contributed by atoms with van der Waals surface area (Å²) in [6, 6.07) is 20.7. The molecule has 1 N–H and O–H groups in total. The first-order valence-corrected chi connectivity index (χ1v) is 9.21. The third kappa shape index (κ3) is 3.70. The van der Waals surface area contributed by atoms with Gasteiger partial charge in [0.1, 0.15) is 22.9 Å². The number of imidazole rings is 1. The molecule has 0 aliphatic rings. The number of carbonyl (C=O) groups excluding carboxylic acids is 1. The van der Waals surface area contributed by atoms with Gasteiger partial charge in [-0.05, 0) is 30.7 Å². The zero-order chi connectivity index (χ0) is 19.5. The lowest BCUT2D eigenvalue weighted by Gasteiger charge is -2.10. The molecule has 5 nitrogen and oxygen atoms in total. The minimum Gasteiger partial charge on any atom is -0.482 e. The first-order chi connectivity index (χ1) is 13.6. The second-order valence-electron chi connectivity index (χ2n) is 6.38. The highest BCUT2D eigenvalue weighted by atomic mass is 35.5. The zero-order valence-corrected chi connectivity index (χ0v) is 16.0. The van der Waals surface area contributed by atoms with Crippen LogP contribution in [0.3, 0.4) is 0 Å². The van der Waals surface area contributed by atoms with Crippen LogP contribution in [0, 0.1) is 6.92 Å². The van der Waals surface area contributed by atoms with Gasteiger partial charge in [0.05, 0.1) is 5.02 Å². The average molecular weight is 392 g/mol. The van der Waals surface area contributed by atoms with E-state index < -0.39 is 0 Å². The van der Waals surface area contributed by atoms with Gasteiger partial charge < -0.3 is 10.1 Å². The van der Waals surface area contributed by atoms with Crippen molar-refractivity contribution in [1.82, 2.24) is 9.38 Å². The number of fused-ring (bicyclic) bond motifs is 1. The van der Waals surface area contributed by atoms with Crippen molar-refractivity contribution in [2.75, 3.05) is 11.9 Å². The van der Waals surface area contributed by atoms with Crippen molar-refractivity contribution in [3.05, 3.63) is 83.5 Å². The Morgan fingerprint density at radius 3 is 2.61 bits per heavy atom. The Morgan fingerprint density at radius 2 is 1.82 bits per heavy atom. The van der Waals surface area contributed by atoms with Crippen molar-refractivity contribution in [2.45, 2.75) is 6.92 Å². The van der Waals surface area contributed by atoms with Crippen LogP contribution in [-0.2, 0) is 4.79 Å². The van der Waals surface area contributed by atoms with Gasteiger partial charge in [0.25, 0.3) is 5.91 Å². The van der Waals surface area contributed by atoms with Crippen LogP contribution in [-0.4, -0.2) is 21.9 Å². The Bertz CT molecular complexity index is 1140. The van der Waals surface area contributed by atoms with Gasteiger partial charge in [-0.2, -0.15) is 0 Å². The second-order valence-corrected chi connectivity index (χ2v) is 6.78. The number of hydrogen-bond acceptors (Lipinski definition) is 3. The second kappa shape index (κ2) is 7.74. The Hall–Kier alpha value is -3.31. The van der Waals surface area contributed by atoms with Crippen LogP contribution in [0.2, 0.25) is 5.02 Å². The van der Waals surface area contributed by atoms with Gasteiger partial charge in [0.2, 0.25) is 0 Å². The molecule has 140 valence electrons. The SMILES string of the molecule is Cc1ccc2nc(-c3ccccc3)c(NC(=O)COc3ccccc3Cl)n2c1. The van der Waals surface area contributed by atoms with Gasteiger partial charge in [-0.25, -0.2) is 4.98 Å². The van der Waals surface area contributed by atoms with E-state index in [1.807, 2.05) is 66.1 Å². The maximum absolute atomic E-state index is 12.6. The predicted molar refractivity (Wildman–Crippen MR) is 111 cm³/mol. The van der Waals surface area contributed by atoms with E-state index >= 15 is 0 Å². The normalized spacial score (nSPS) is 10.8. The Morgan fingerprint density at radius 1 is 1.07 bits per heavy atom. The molecule has 0 saturated heterocycles. The summed E-state index contributed by atoms with van der Waals surface area (Å²) in [6.45, 7) is 1.84. The lowest BCUT2D eigenvalue weighted by atomic mass is 10.1. The maximum Gasteiger partial charge on any atom is 0.263 e. The quantitative estimate of drug-likeness (QED) is 0.522. The molecule has 0 radical (unpaired) electrons. The third-order valence-corrected chi connectivity index (χ3v) is 4.58. The summed E-state index contributed by atoms with van der Waals surface area (Å²) in [4.78, 5) is 17.3. The van der Waals surface area contributed by atoms with Crippen molar-refractivity contribution in [2.24, 2.45) is 0 Å². The van der Waals surface area contributed by atoms with Gasteiger partial charge in [-0.1, -0.05) is 60.1 Å². The highest BCUT2D eigenvalue weighted by Gasteiger charge is 2.17. The minimum atomic E-state index is -0.291. The summed E-state index contributed by atoms with van der Waals surface area (Å²) in [7, 11) is 0. The van der Waals surface area contributed by atoms with Crippen LogP contribution in [0.4, 0.5) is 5.82 Å². The van der Waals surface area contributed by atoms with E-state index in [1.165, 1.54) is 0 Å². The lowest BCUT2D eigenvalue weighted by molar-refractivity contribution is -0.118. The van der Waals surface area contributed by atoms with Crippen LogP contribution >= 0.6 is 11.6 Å². The molecule has 2 aromatic carbocycles. The maximum atomic E-state index is 12.6. The number of anilines is 1. The van der Waals surface area contributed by atoms with Crippen LogP contribution in [0.5, 0.6) is 5.75 Å². The van der Waals surface area contributed by atoms with E-state index in [9.17, 15) is 4.79 Å². The highest BCUT2D eigenvalue weighted by Crippen LogP contribution is 2.29. The summed E-state index contributed by atoms with van der Waals surface area (Å²) in [6.07, 6.45) is 1.94. The fourth-order valence-corrected chi connectivity index (χ4v) is 3.13. The van der Waals surface area contributed by atoms with E-state index in [2.05, 4.69) is 5.32 Å². The molecule has 0 spiro atoms. The number of aromatic nitrogens is 2. The molecule has 0 bridgehead atoms. The smallest absolute Gasteiger partial charge is 0.263 e. The summed E-state index contributed by atoms with van der Waals surface area (Å²) in [5, 5.41) is 3.41. The number of halogens is 1. The molecule has 4 aromatic rings. The lowest BCUT2D eigenvalue weighted by Crippen LogP contribution is -2.21. The van der Waals surface area contributed by atoms with Crippen molar-refractivity contribution in [3.8, 4) is 17.0 Å². The number of nitrogens with zero attached hydrogens (tertiary/aromatic N) is 2. The van der Waals surface area contributed by atoms with Crippen molar-refractivity contribution < 1.29 is 9.53 Å². The number of aryl methyl sites for hydroxylation is 1. The van der Waals surface area contributed by atoms with Gasteiger partial charge in [-0.3, -0.25) is 9.20 Å². The fraction of sp³-hybridized carbons (Fsp3) is 0.0909. The van der Waals surface area contributed by atoms with Gasteiger partial charge >= 0.3 is 0 Å². The zero-order valence-electron chi connectivity index (χ0n) is 15.2. The van der Waals surface area contributed by atoms with Crippen LogP contribution in [0.1, 0.15) is 5.56 Å². The number of rotatable bonds is 5. The average Bonchev–Trinajstić information content (AvgIpc) is 3.05. The molecule has 0 unspecified atom stereocenters. The summed E-state index contributed by atoms with van der Waals surface area (Å²) in [5.41, 5.74) is 3.45. The van der Waals surface area contributed by atoms with Crippen LogP contribution in [0.15, 0.2) is 72.9 Å². The number of carbonyl (C=O) groups is 1. The highest BCUT2D eigenvalue weighted by molar-refractivity contribution is 6.32. The topological polar surface area (TPSA) is 55.6 Å². The molecule has 0 fully saturated rings. The minimum absolute atomic E-state index is 0.156. The number of pyridine rings is 1. The Balaban J connectivity index is 1.64. The third-order valence-electron chi connectivity index (χ3n) is 4.27. The van der Waals surface area contributed by atoms with E-state index in [0.717, 1.165) is 16.8 Å². The van der Waals surface area contributed by atoms with Crippen LogP contribution in [0.25, 0.3) is 16.9 Å². The first kappa shape index (κ1) is 18.1. The number of nitrogens with one attached hydrogen (secondary N) is 1. The first-order valence-electron chi connectivity index (χ1n) is 8.83. The van der Waals surface area contributed by atoms with Crippen molar-refractivity contribution in [3.63, 3.8) is 0 Å². The molecule has 4 rings (SSSR count). The Kier molecular flexibility index (Phi) is 5.00. The monoisotopic (exact) mass is 391 g/mol. The van der Waals surface area contributed by atoms with Crippen LogP contribution < -0.4 is 10.1 Å². The van der Waals surface area contributed by atoms with E-state index in [4.69, 9.17) is 21.3 Å². The molecule has 2 heterocycles. The van der Waals surface area contributed by atoms with E-state index in [1.54, 1.807) is 18.2 Å². The largest absolute Gasteiger partial charge is 0.482 e. The molecule has 2 aromatic heterocycles. The molecule has 0 saturated carbocycles. The summed E-state index contributed by atoms with van der Waals surface area (Å²) >= 11 is 6.08. The van der Waals surface area contributed by atoms with Gasteiger partial charge in [-0.15, -0.1) is 0 Å². The number of amides is 1. The predicted octanol–water partition coefficient (Wildman–Crippen LogP) is 4.98. The van der Waals surface area contributed by atoms with Gasteiger partial charge in [0.15, 0.2) is 6.61 Å². The molecule has 0 aliphatic heterocycles. The van der Waals surface area contributed by atoms with E-state index in [-0.39, 0.29) is 12.5 Å². The number of hydrogen-bond donors (Lipinski definition) is 1. The van der Waals surface area contributed by atoms with Crippen molar-refractivity contribution in [1.29, 1.82) is 0 Å². The molecule has 0 atom stereocenters. The van der Waals surface area contributed by atoms with E-state index in [0.29, 0.717) is 22.3 Å². The standard InChI is InChI=1S/C22H18ClN3O2/c1-15-11-12-19-24-21(16-7-3-2-4-8-16)22(26(19)13-15)25-20(27)14-28-18-10-6-5-9-17(18)23/h2-13H,14H2,1H3,(H,25,27). The summed E-state index contributed by atoms with van der Waals surface area (Å²) < 4.78 is 7.44. The molecule has 0 aliphatic carbocycles. The summed E-state index contributed by atoms with van der Waals surface area (Å²) in [5.74, 6) is 0.787. The van der Waals surface area contributed by atoms with Gasteiger partial charge in [0, 0.05) is 11.8 Å². The number of benzene rings is 2. The number of ether oxygens (including phenoxy) is 1. The molecule has 1 amide bonds. The Labute approximate surface area is 167 Å². The molecule has 6 heteroatoms. The molecule has 28 heavy (non-hydrogen) atoms. The molecular weight excluding hydrogens is 374 g/mol. The number of para-hydroxylation sites is 1.